The van der Waals surface area contributed by atoms with Gasteiger partial charge in [-0.1, -0.05) is 78.0 Å². The molecule has 0 aliphatic carbocycles. The SMILES string of the molecule is C=C/C=C\C(=C)CC(C(=O)N(C)C(CC(C)C)C(=O)NC(COC(C)(C)C)C(=O)N(C)C(CC(C)C)C(=O)N[C@H](C)CC(=O)N(C)CC=O)N(C)C(=O)CN(CCCC)C(=O)CC(C)O. The summed E-state index contributed by atoms with van der Waals surface area (Å²) in [7, 11) is 5.87. The third-order valence-corrected chi connectivity index (χ3v) is 10.6. The predicted molar refractivity (Wildman–Crippen MR) is 253 cm³/mol. The van der Waals surface area contributed by atoms with E-state index in [9.17, 15) is 43.5 Å². The number of ether oxygens (including phenoxy) is 1. The van der Waals surface area contributed by atoms with E-state index in [1.807, 2.05) is 34.6 Å². The van der Waals surface area contributed by atoms with E-state index in [1.54, 1.807) is 45.9 Å². The first kappa shape index (κ1) is 60.1. The molecule has 0 saturated heterocycles. The van der Waals surface area contributed by atoms with E-state index in [4.69, 9.17) is 4.74 Å². The van der Waals surface area contributed by atoms with Gasteiger partial charge in [-0.3, -0.25) is 33.6 Å². The van der Waals surface area contributed by atoms with Gasteiger partial charge < -0.3 is 49.8 Å². The number of carbonyl (C=O) groups excluding carboxylic acids is 8. The fraction of sp³-hybridized carbons (Fsp3) is 0.708. The topological polar surface area (TPSA) is 206 Å². The zero-order chi connectivity index (χ0) is 50.4. The number of hydrogen-bond donors (Lipinski definition) is 3. The molecule has 65 heavy (non-hydrogen) atoms. The van der Waals surface area contributed by atoms with Crippen molar-refractivity contribution in [1.29, 1.82) is 0 Å². The molecule has 0 aliphatic heterocycles. The van der Waals surface area contributed by atoms with E-state index < -0.39 is 77.4 Å². The van der Waals surface area contributed by atoms with Gasteiger partial charge >= 0.3 is 0 Å². The summed E-state index contributed by atoms with van der Waals surface area (Å²) < 4.78 is 6.05. The molecule has 0 aromatic carbocycles. The summed E-state index contributed by atoms with van der Waals surface area (Å²) in [6.45, 7) is 25.4. The van der Waals surface area contributed by atoms with Gasteiger partial charge in [-0.2, -0.15) is 0 Å². The highest BCUT2D eigenvalue weighted by molar-refractivity contribution is 5.96. The van der Waals surface area contributed by atoms with Crippen molar-refractivity contribution in [2.24, 2.45) is 11.8 Å². The van der Waals surface area contributed by atoms with Crippen LogP contribution in [-0.2, 0) is 43.1 Å². The van der Waals surface area contributed by atoms with Crippen LogP contribution in [0.15, 0.2) is 37.0 Å². The molecule has 3 N–H and O–H groups in total. The number of nitrogens with one attached hydrogen (secondary N) is 2. The second-order valence-electron chi connectivity index (χ2n) is 18.9. The largest absolute Gasteiger partial charge is 0.393 e. The van der Waals surface area contributed by atoms with Crippen molar-refractivity contribution in [2.75, 3.05) is 54.4 Å². The van der Waals surface area contributed by atoms with Crippen LogP contribution >= 0.6 is 0 Å². The van der Waals surface area contributed by atoms with Crippen LogP contribution in [0.3, 0.4) is 0 Å². The molecule has 0 heterocycles. The van der Waals surface area contributed by atoms with Crippen LogP contribution in [0, 0.1) is 11.8 Å². The number of hydrogen-bond acceptors (Lipinski definition) is 10. The summed E-state index contributed by atoms with van der Waals surface area (Å²) in [6, 6.07) is -5.24. The van der Waals surface area contributed by atoms with Crippen LogP contribution in [0.25, 0.3) is 0 Å². The summed E-state index contributed by atoms with van der Waals surface area (Å²) in [6.07, 6.45) is 6.08. The number of aliphatic hydroxyl groups excluding tert-OH is 1. The van der Waals surface area contributed by atoms with Gasteiger partial charge in [-0.15, -0.1) is 0 Å². The molecular weight excluding hydrogens is 835 g/mol. The van der Waals surface area contributed by atoms with Crippen molar-refractivity contribution in [2.45, 2.75) is 156 Å². The van der Waals surface area contributed by atoms with Crippen LogP contribution in [-0.4, -0.2) is 174 Å². The zero-order valence-electron chi connectivity index (χ0n) is 42.0. The number of unbranched alkanes of at least 4 members (excludes halogenated alkanes) is 1. The van der Waals surface area contributed by atoms with Gasteiger partial charge in [0.2, 0.25) is 41.4 Å². The highest BCUT2D eigenvalue weighted by Gasteiger charge is 2.39. The van der Waals surface area contributed by atoms with Gasteiger partial charge in [0, 0.05) is 53.6 Å². The van der Waals surface area contributed by atoms with Gasteiger partial charge in [0.05, 0.1) is 37.8 Å². The van der Waals surface area contributed by atoms with E-state index >= 15 is 0 Å². The number of nitrogens with zero attached hydrogens (tertiary/aromatic N) is 5. The molecular formula is C48H83N7O10. The number of aldehydes is 1. The Morgan fingerprint density at radius 3 is 1.75 bits per heavy atom. The molecule has 0 aliphatic rings. The maximum absolute atomic E-state index is 14.7. The van der Waals surface area contributed by atoms with Crippen molar-refractivity contribution in [3.8, 4) is 0 Å². The minimum absolute atomic E-state index is 0.0186. The van der Waals surface area contributed by atoms with E-state index in [-0.39, 0.29) is 76.1 Å². The zero-order valence-corrected chi connectivity index (χ0v) is 42.0. The maximum Gasteiger partial charge on any atom is 0.247 e. The summed E-state index contributed by atoms with van der Waals surface area (Å²) in [4.78, 5) is 115. The molecule has 0 aromatic rings. The third-order valence-electron chi connectivity index (χ3n) is 10.6. The minimum atomic E-state index is -1.31. The first-order valence-electron chi connectivity index (χ1n) is 22.8. The van der Waals surface area contributed by atoms with Crippen molar-refractivity contribution >= 4 is 47.6 Å². The molecule has 0 bridgehead atoms. The Balaban J connectivity index is 7.00. The quantitative estimate of drug-likeness (QED) is 0.0707. The minimum Gasteiger partial charge on any atom is -0.393 e. The van der Waals surface area contributed by atoms with Crippen molar-refractivity contribution < 1.29 is 48.2 Å². The normalized spacial score (nSPS) is 14.4. The lowest BCUT2D eigenvalue weighted by molar-refractivity contribution is -0.151. The maximum atomic E-state index is 14.7. The molecule has 0 rings (SSSR count). The molecule has 0 radical (unpaired) electrons. The van der Waals surface area contributed by atoms with Crippen molar-refractivity contribution in [1.82, 2.24) is 35.1 Å². The Labute approximate surface area is 389 Å². The third kappa shape index (κ3) is 22.7. The second kappa shape index (κ2) is 29.6. The van der Waals surface area contributed by atoms with E-state index in [2.05, 4.69) is 23.8 Å². The summed E-state index contributed by atoms with van der Waals surface area (Å²) in [5.74, 6) is -3.82. The number of aliphatic hydroxyl groups is 1. The molecule has 0 aromatic heterocycles. The first-order valence-corrected chi connectivity index (χ1v) is 22.8. The standard InChI is InChI=1S/C48H83N7O10/c1-17-19-21-34(7)27-40(52(14)43(60)30-55(22-20-18-2)42(59)29-36(9)57)47(64)54(16)39(26-33(5)6)45(62)50-37(31-65-48(10,11)12)46(63)53(15)38(25-32(3)4)44(61)49-35(8)28-41(58)51(13)23-24-56/h17,19,21,24,32-33,35-40,57H,1,7,18,20,22-23,25-31H2,2-6,8-16H3,(H,49,61)(H,50,62)/b21-19-/t35-,36?,37?,38?,39?,40?/m1/s1. The van der Waals surface area contributed by atoms with Crippen molar-refractivity contribution in [3.63, 3.8) is 0 Å². The number of rotatable bonds is 30. The average Bonchev–Trinajstić information content (AvgIpc) is 3.20. The smallest absolute Gasteiger partial charge is 0.247 e. The molecule has 0 saturated carbocycles. The molecule has 370 valence electrons. The van der Waals surface area contributed by atoms with E-state index in [0.717, 1.165) is 6.42 Å². The summed E-state index contributed by atoms with van der Waals surface area (Å²) >= 11 is 0. The Hall–Kier alpha value is -4.90. The molecule has 17 heteroatoms. The Bertz CT molecular complexity index is 1640. The van der Waals surface area contributed by atoms with E-state index in [1.165, 1.54) is 59.6 Å². The number of likely N-dealkylation sites (N-methyl/N-ethyl adjacent to an activating group) is 4. The Morgan fingerprint density at radius 2 is 1.28 bits per heavy atom. The fourth-order valence-corrected chi connectivity index (χ4v) is 6.74. The molecule has 5 unspecified atom stereocenters. The number of carbonyl (C=O) groups is 8. The number of amides is 7. The molecule has 7 amide bonds. The first-order chi connectivity index (χ1) is 30.1. The lowest BCUT2D eigenvalue weighted by atomic mass is 9.98. The highest BCUT2D eigenvalue weighted by Crippen LogP contribution is 2.20. The van der Waals surface area contributed by atoms with Crippen LogP contribution < -0.4 is 10.6 Å². The lowest BCUT2D eigenvalue weighted by Crippen LogP contribution is -2.60. The number of allylic oxidation sites excluding steroid dienone is 3. The highest BCUT2D eigenvalue weighted by atomic mass is 16.5. The molecule has 0 spiro atoms. The summed E-state index contributed by atoms with van der Waals surface area (Å²) in [5.41, 5.74) is -0.243. The lowest BCUT2D eigenvalue weighted by Gasteiger charge is -2.37. The molecule has 6 atom stereocenters. The van der Waals surface area contributed by atoms with Crippen LogP contribution in [0.1, 0.15) is 114 Å². The van der Waals surface area contributed by atoms with Gasteiger partial charge in [0.1, 0.15) is 30.5 Å². The molecule has 0 fully saturated rings. The predicted octanol–water partition coefficient (Wildman–Crippen LogP) is 3.50. The van der Waals surface area contributed by atoms with E-state index in [0.29, 0.717) is 18.3 Å². The Morgan fingerprint density at radius 1 is 0.738 bits per heavy atom. The Kier molecular flexibility index (Phi) is 27.4. The second-order valence-corrected chi connectivity index (χ2v) is 18.9. The monoisotopic (exact) mass is 918 g/mol. The van der Waals surface area contributed by atoms with Gasteiger partial charge in [-0.25, -0.2) is 0 Å². The van der Waals surface area contributed by atoms with Gasteiger partial charge in [-0.05, 0) is 65.7 Å². The van der Waals surface area contributed by atoms with Gasteiger partial charge in [0.15, 0.2) is 0 Å². The van der Waals surface area contributed by atoms with Crippen LogP contribution in [0.5, 0.6) is 0 Å². The summed E-state index contributed by atoms with van der Waals surface area (Å²) in [5, 5.41) is 15.6. The molecule has 17 nitrogen and oxygen atoms in total. The fourth-order valence-electron chi connectivity index (χ4n) is 6.74. The average molecular weight is 918 g/mol. The van der Waals surface area contributed by atoms with Crippen molar-refractivity contribution in [3.05, 3.63) is 37.0 Å². The van der Waals surface area contributed by atoms with Crippen LogP contribution in [0.2, 0.25) is 0 Å². The van der Waals surface area contributed by atoms with Crippen LogP contribution in [0.4, 0.5) is 0 Å². The van der Waals surface area contributed by atoms with Gasteiger partial charge in [0.25, 0.3) is 0 Å².